The molecule has 0 unspecified atom stereocenters. The quantitative estimate of drug-likeness (QED) is 0.416. The molecule has 0 saturated heterocycles. The van der Waals surface area contributed by atoms with Crippen molar-refractivity contribution in [2.75, 3.05) is 14.2 Å². The van der Waals surface area contributed by atoms with Crippen molar-refractivity contribution in [1.82, 2.24) is 4.57 Å². The van der Waals surface area contributed by atoms with Gasteiger partial charge in [0.2, 0.25) is 5.43 Å². The maximum absolute atomic E-state index is 12.9. The number of carboxylic acid groups (broad SMARTS) is 1. The zero-order valence-corrected chi connectivity index (χ0v) is 18.5. The van der Waals surface area contributed by atoms with E-state index in [0.29, 0.717) is 29.3 Å². The Morgan fingerprint density at radius 1 is 0.941 bits per heavy atom. The minimum absolute atomic E-state index is 0.189. The number of ether oxygens (including phenoxy) is 3. The van der Waals surface area contributed by atoms with Crippen LogP contribution in [0.25, 0.3) is 16.6 Å². The molecule has 8 nitrogen and oxygen atoms in total. The Balaban J connectivity index is 1.90. The third kappa shape index (κ3) is 4.47. The van der Waals surface area contributed by atoms with Gasteiger partial charge < -0.3 is 23.9 Å². The van der Waals surface area contributed by atoms with E-state index in [9.17, 15) is 19.5 Å². The van der Waals surface area contributed by atoms with Crippen molar-refractivity contribution in [3.63, 3.8) is 0 Å². The molecule has 34 heavy (non-hydrogen) atoms. The van der Waals surface area contributed by atoms with Gasteiger partial charge in [-0.1, -0.05) is 30.3 Å². The largest absolute Gasteiger partial charge is 0.497 e. The SMILES string of the molecule is COC(=O)c1cc(OC)cc(-n2cc(C(=O)O)c(=O)c3ccc(OCc4ccccc4)cc32)c1. The number of hydrogen-bond donors (Lipinski definition) is 1. The Bertz CT molecular complexity index is 1440. The van der Waals surface area contributed by atoms with Crippen LogP contribution in [0.4, 0.5) is 0 Å². The van der Waals surface area contributed by atoms with Crippen LogP contribution >= 0.6 is 0 Å². The molecule has 0 aliphatic rings. The van der Waals surface area contributed by atoms with E-state index in [2.05, 4.69) is 0 Å². The standard InChI is InChI=1S/C26H21NO7/c1-32-20-11-17(26(31)33-2)10-18(12-20)27-14-22(25(29)30)24(28)21-9-8-19(13-23(21)27)34-15-16-6-4-3-5-7-16/h3-14H,15H2,1-2H3,(H,29,30). The van der Waals surface area contributed by atoms with E-state index >= 15 is 0 Å². The number of carbonyl (C=O) groups excluding carboxylic acids is 1. The summed E-state index contributed by atoms with van der Waals surface area (Å²) in [5.41, 5.74) is 0.961. The number of methoxy groups -OCH3 is 2. The normalized spacial score (nSPS) is 10.6. The molecule has 172 valence electrons. The second-order valence-electron chi connectivity index (χ2n) is 7.41. The molecule has 1 N–H and O–H groups in total. The number of benzene rings is 3. The van der Waals surface area contributed by atoms with Gasteiger partial charge in [0.15, 0.2) is 0 Å². The summed E-state index contributed by atoms with van der Waals surface area (Å²) in [5.74, 6) is -1.10. The molecule has 0 amide bonds. The van der Waals surface area contributed by atoms with Gasteiger partial charge in [0.1, 0.15) is 23.7 Å². The van der Waals surface area contributed by atoms with E-state index in [1.54, 1.807) is 18.2 Å². The maximum Gasteiger partial charge on any atom is 0.341 e. The van der Waals surface area contributed by atoms with Crippen molar-refractivity contribution in [2.45, 2.75) is 6.61 Å². The summed E-state index contributed by atoms with van der Waals surface area (Å²) in [4.78, 5) is 36.8. The summed E-state index contributed by atoms with van der Waals surface area (Å²) in [7, 11) is 2.71. The number of carbonyl (C=O) groups is 2. The van der Waals surface area contributed by atoms with Crippen LogP contribution in [-0.4, -0.2) is 35.8 Å². The Morgan fingerprint density at radius 2 is 1.71 bits per heavy atom. The minimum atomic E-state index is -1.36. The van der Waals surface area contributed by atoms with Gasteiger partial charge in [-0.3, -0.25) is 4.79 Å². The van der Waals surface area contributed by atoms with E-state index in [-0.39, 0.29) is 10.9 Å². The fraction of sp³-hybridized carbons (Fsp3) is 0.115. The second kappa shape index (κ2) is 9.50. The van der Waals surface area contributed by atoms with Crippen molar-refractivity contribution in [3.8, 4) is 17.2 Å². The fourth-order valence-electron chi connectivity index (χ4n) is 3.58. The molecular weight excluding hydrogens is 438 g/mol. The smallest absolute Gasteiger partial charge is 0.341 e. The maximum atomic E-state index is 12.9. The fourth-order valence-corrected chi connectivity index (χ4v) is 3.58. The lowest BCUT2D eigenvalue weighted by Gasteiger charge is -2.16. The Labute approximate surface area is 194 Å². The van der Waals surface area contributed by atoms with E-state index < -0.39 is 22.9 Å². The van der Waals surface area contributed by atoms with E-state index in [4.69, 9.17) is 14.2 Å². The van der Waals surface area contributed by atoms with Crippen LogP contribution in [0.3, 0.4) is 0 Å². The van der Waals surface area contributed by atoms with Crippen molar-refractivity contribution in [2.24, 2.45) is 0 Å². The molecule has 0 radical (unpaired) electrons. The first-order chi connectivity index (χ1) is 16.4. The second-order valence-corrected chi connectivity index (χ2v) is 7.41. The molecule has 0 atom stereocenters. The average molecular weight is 459 g/mol. The number of rotatable bonds is 7. The summed E-state index contributed by atoms with van der Waals surface area (Å²) in [5, 5.41) is 9.80. The summed E-state index contributed by atoms with van der Waals surface area (Å²) < 4.78 is 17.6. The molecule has 0 saturated carbocycles. The molecule has 0 aliphatic carbocycles. The molecule has 0 spiro atoms. The van der Waals surface area contributed by atoms with Crippen molar-refractivity contribution < 1.29 is 28.9 Å². The van der Waals surface area contributed by atoms with Gasteiger partial charge in [-0.05, 0) is 29.8 Å². The number of carboxylic acids is 1. The van der Waals surface area contributed by atoms with Gasteiger partial charge in [0.05, 0.1) is 31.0 Å². The van der Waals surface area contributed by atoms with Gasteiger partial charge in [-0.15, -0.1) is 0 Å². The van der Waals surface area contributed by atoms with Crippen LogP contribution in [-0.2, 0) is 11.3 Å². The first-order valence-corrected chi connectivity index (χ1v) is 10.3. The topological polar surface area (TPSA) is 104 Å². The number of aromatic carboxylic acids is 1. The molecule has 0 bridgehead atoms. The number of aromatic nitrogens is 1. The zero-order chi connectivity index (χ0) is 24.2. The number of esters is 1. The van der Waals surface area contributed by atoms with Crippen LogP contribution in [0.2, 0.25) is 0 Å². The van der Waals surface area contributed by atoms with Gasteiger partial charge in [-0.2, -0.15) is 0 Å². The highest BCUT2D eigenvalue weighted by Gasteiger charge is 2.18. The lowest BCUT2D eigenvalue weighted by Crippen LogP contribution is -2.18. The van der Waals surface area contributed by atoms with Crippen LogP contribution in [0, 0.1) is 0 Å². The molecule has 3 aromatic carbocycles. The number of pyridine rings is 1. The molecule has 1 heterocycles. The summed E-state index contributed by atoms with van der Waals surface area (Å²) in [6, 6.07) is 19.1. The average Bonchev–Trinajstić information content (AvgIpc) is 2.87. The lowest BCUT2D eigenvalue weighted by molar-refractivity contribution is 0.0599. The minimum Gasteiger partial charge on any atom is -0.497 e. The summed E-state index contributed by atoms with van der Waals surface area (Å²) >= 11 is 0. The van der Waals surface area contributed by atoms with Crippen molar-refractivity contribution >= 4 is 22.8 Å². The van der Waals surface area contributed by atoms with E-state index in [0.717, 1.165) is 5.56 Å². The molecule has 1 aromatic heterocycles. The van der Waals surface area contributed by atoms with Crippen LogP contribution in [0.15, 0.2) is 77.7 Å². The third-order valence-corrected chi connectivity index (χ3v) is 5.28. The Kier molecular flexibility index (Phi) is 6.31. The Morgan fingerprint density at radius 3 is 2.38 bits per heavy atom. The van der Waals surface area contributed by atoms with Crippen molar-refractivity contribution in [1.29, 1.82) is 0 Å². The van der Waals surface area contributed by atoms with Gasteiger partial charge in [0, 0.05) is 23.7 Å². The molecule has 8 heteroatoms. The number of nitrogens with zero attached hydrogens (tertiary/aromatic N) is 1. The number of fused-ring (bicyclic) bond motifs is 1. The molecule has 4 aromatic rings. The van der Waals surface area contributed by atoms with E-state index in [1.807, 2.05) is 30.3 Å². The predicted octanol–water partition coefficient (Wildman–Crippen LogP) is 4.06. The van der Waals surface area contributed by atoms with Crippen LogP contribution in [0.1, 0.15) is 26.3 Å². The number of hydrogen-bond acceptors (Lipinski definition) is 6. The van der Waals surface area contributed by atoms with Gasteiger partial charge >= 0.3 is 11.9 Å². The highest BCUT2D eigenvalue weighted by atomic mass is 16.5. The predicted molar refractivity (Wildman–Crippen MR) is 125 cm³/mol. The summed E-state index contributed by atoms with van der Waals surface area (Å²) in [6.07, 6.45) is 1.23. The Hall–Kier alpha value is -4.59. The zero-order valence-electron chi connectivity index (χ0n) is 18.5. The van der Waals surface area contributed by atoms with Gasteiger partial charge in [-0.25, -0.2) is 9.59 Å². The summed E-state index contributed by atoms with van der Waals surface area (Å²) in [6.45, 7) is 0.315. The lowest BCUT2D eigenvalue weighted by atomic mass is 10.1. The molecule has 0 fully saturated rings. The van der Waals surface area contributed by atoms with E-state index in [1.165, 1.54) is 43.2 Å². The third-order valence-electron chi connectivity index (χ3n) is 5.28. The van der Waals surface area contributed by atoms with Crippen molar-refractivity contribution in [3.05, 3.63) is 99.8 Å². The molecular formula is C26H21NO7. The molecule has 0 aliphatic heterocycles. The highest BCUT2D eigenvalue weighted by molar-refractivity contribution is 5.94. The monoisotopic (exact) mass is 459 g/mol. The van der Waals surface area contributed by atoms with Crippen LogP contribution < -0.4 is 14.9 Å². The highest BCUT2D eigenvalue weighted by Crippen LogP contribution is 2.27. The van der Waals surface area contributed by atoms with Gasteiger partial charge in [0.25, 0.3) is 0 Å². The first-order valence-electron chi connectivity index (χ1n) is 10.3. The first kappa shape index (κ1) is 22.6. The van der Waals surface area contributed by atoms with Crippen LogP contribution in [0.5, 0.6) is 11.5 Å². The molecule has 4 rings (SSSR count).